The summed E-state index contributed by atoms with van der Waals surface area (Å²) < 4.78 is 7.62. The van der Waals surface area contributed by atoms with Crippen LogP contribution in [0.4, 0.5) is 5.69 Å². The van der Waals surface area contributed by atoms with Crippen LogP contribution in [-0.2, 0) is 17.8 Å². The average molecular weight is 346 g/mol. The molecule has 0 atom stereocenters. The molecule has 0 aliphatic heterocycles. The molecule has 0 unspecified atom stereocenters. The molecule has 1 N–H and O–H groups in total. The van der Waals surface area contributed by atoms with E-state index in [9.17, 15) is 4.79 Å². The van der Waals surface area contributed by atoms with E-state index in [4.69, 9.17) is 4.42 Å². The predicted octanol–water partition coefficient (Wildman–Crippen LogP) is 3.89. The van der Waals surface area contributed by atoms with Gasteiger partial charge in [-0.15, -0.1) is 10.2 Å². The first-order valence-corrected chi connectivity index (χ1v) is 8.50. The Labute approximate surface area is 150 Å². The van der Waals surface area contributed by atoms with Crippen molar-refractivity contribution in [2.75, 3.05) is 5.32 Å². The Hall–Kier alpha value is -3.41. The molecule has 0 bridgehead atoms. The largest absolute Gasteiger partial charge is 0.419 e. The molecule has 6 heteroatoms. The number of carbonyl (C=O) groups excluding carboxylic acids is 1. The number of hydrogen-bond acceptors (Lipinski definition) is 4. The second-order valence-corrected chi connectivity index (χ2v) is 5.94. The van der Waals surface area contributed by atoms with Crippen molar-refractivity contribution >= 4 is 22.5 Å². The van der Waals surface area contributed by atoms with Gasteiger partial charge in [0.15, 0.2) is 0 Å². The number of aryl methyl sites for hydroxylation is 1. The number of rotatable bonds is 5. The van der Waals surface area contributed by atoms with Crippen molar-refractivity contribution in [3.05, 3.63) is 66.6 Å². The van der Waals surface area contributed by atoms with Gasteiger partial charge in [0.2, 0.25) is 11.8 Å². The minimum Gasteiger partial charge on any atom is -0.419 e. The molecule has 2 heterocycles. The summed E-state index contributed by atoms with van der Waals surface area (Å²) in [6.45, 7) is 2.11. The molecule has 0 saturated heterocycles. The Morgan fingerprint density at radius 3 is 2.62 bits per heavy atom. The normalized spacial score (nSPS) is 11.0. The van der Waals surface area contributed by atoms with Gasteiger partial charge in [0.1, 0.15) is 12.2 Å². The van der Waals surface area contributed by atoms with Gasteiger partial charge in [-0.2, -0.15) is 0 Å². The molecule has 6 nitrogen and oxygen atoms in total. The fraction of sp³-hybridized carbons (Fsp3) is 0.150. The monoisotopic (exact) mass is 346 g/mol. The summed E-state index contributed by atoms with van der Waals surface area (Å²) in [6.07, 6.45) is 0.668. The first-order valence-electron chi connectivity index (χ1n) is 8.50. The van der Waals surface area contributed by atoms with Crippen LogP contribution in [0, 0.1) is 0 Å². The summed E-state index contributed by atoms with van der Waals surface area (Å²) >= 11 is 0. The summed E-state index contributed by atoms with van der Waals surface area (Å²) in [5.41, 5.74) is 2.45. The molecule has 130 valence electrons. The summed E-state index contributed by atoms with van der Waals surface area (Å²) in [4.78, 5) is 12.6. The lowest BCUT2D eigenvalue weighted by molar-refractivity contribution is -0.116. The Bertz CT molecular complexity index is 1050. The molecule has 1 amide bonds. The lowest BCUT2D eigenvalue weighted by atomic mass is 10.2. The topological polar surface area (TPSA) is 73.0 Å². The molecule has 0 spiro atoms. The molecule has 26 heavy (non-hydrogen) atoms. The highest BCUT2D eigenvalue weighted by Gasteiger charge is 2.18. The molecular weight excluding hydrogens is 328 g/mol. The van der Waals surface area contributed by atoms with Crippen LogP contribution in [0.3, 0.4) is 0 Å². The zero-order valence-electron chi connectivity index (χ0n) is 14.3. The molecule has 2 aromatic carbocycles. The minimum atomic E-state index is -0.117. The van der Waals surface area contributed by atoms with Gasteiger partial charge in [-0.25, -0.2) is 0 Å². The lowest BCUT2D eigenvalue weighted by Gasteiger charge is -2.09. The van der Waals surface area contributed by atoms with Gasteiger partial charge in [-0.1, -0.05) is 43.3 Å². The molecule has 0 aliphatic carbocycles. The van der Waals surface area contributed by atoms with Crippen LogP contribution in [0.5, 0.6) is 0 Å². The number of anilines is 1. The first-order chi connectivity index (χ1) is 12.7. The van der Waals surface area contributed by atoms with E-state index in [0.29, 0.717) is 18.2 Å². The van der Waals surface area contributed by atoms with Gasteiger partial charge < -0.3 is 14.3 Å². The van der Waals surface area contributed by atoms with Crippen LogP contribution in [0.25, 0.3) is 22.5 Å². The van der Waals surface area contributed by atoms with Crippen molar-refractivity contribution in [1.82, 2.24) is 14.8 Å². The third-order valence-corrected chi connectivity index (χ3v) is 4.16. The molecule has 0 radical (unpaired) electrons. The third-order valence-electron chi connectivity index (χ3n) is 4.16. The predicted molar refractivity (Wildman–Crippen MR) is 99.7 cm³/mol. The fourth-order valence-electron chi connectivity index (χ4n) is 2.92. The molecule has 2 aromatic heterocycles. The van der Waals surface area contributed by atoms with Crippen molar-refractivity contribution in [2.45, 2.75) is 19.9 Å². The molecule has 0 saturated carbocycles. The highest BCUT2D eigenvalue weighted by Crippen LogP contribution is 2.27. The van der Waals surface area contributed by atoms with Gasteiger partial charge in [0.05, 0.1) is 0 Å². The van der Waals surface area contributed by atoms with E-state index in [-0.39, 0.29) is 12.5 Å². The number of carbonyl (C=O) groups is 1. The molecular formula is C20H18N4O2. The molecule has 0 fully saturated rings. The average Bonchev–Trinajstić information content (AvgIpc) is 3.27. The van der Waals surface area contributed by atoms with Crippen molar-refractivity contribution in [2.24, 2.45) is 0 Å². The van der Waals surface area contributed by atoms with Crippen molar-refractivity contribution < 1.29 is 9.21 Å². The van der Waals surface area contributed by atoms with E-state index in [1.807, 2.05) is 72.2 Å². The van der Waals surface area contributed by atoms with Gasteiger partial charge in [0.25, 0.3) is 5.89 Å². The van der Waals surface area contributed by atoms with Crippen LogP contribution in [0.1, 0.15) is 12.8 Å². The zero-order valence-corrected chi connectivity index (χ0v) is 14.3. The number of aromatic nitrogens is 3. The fourth-order valence-corrected chi connectivity index (χ4v) is 2.92. The number of benzene rings is 2. The van der Waals surface area contributed by atoms with Crippen LogP contribution in [0.15, 0.2) is 65.1 Å². The Kier molecular flexibility index (Phi) is 4.23. The zero-order chi connectivity index (χ0) is 17.9. The molecule has 4 aromatic rings. The summed E-state index contributed by atoms with van der Waals surface area (Å²) in [5.74, 6) is 0.880. The lowest BCUT2D eigenvalue weighted by Crippen LogP contribution is -2.19. The van der Waals surface area contributed by atoms with Gasteiger partial charge >= 0.3 is 0 Å². The van der Waals surface area contributed by atoms with Gasteiger partial charge in [-0.05, 0) is 24.3 Å². The second-order valence-electron chi connectivity index (χ2n) is 5.94. The van der Waals surface area contributed by atoms with Gasteiger partial charge in [0, 0.05) is 23.0 Å². The number of fused-ring (bicyclic) bond motifs is 1. The van der Waals surface area contributed by atoms with Crippen LogP contribution in [0.2, 0.25) is 0 Å². The molecule has 0 aliphatic rings. The standard InChI is InChI=1S/C20H18N4O2/c1-2-19-22-23-20(26-19)17-12-14-8-6-7-11-16(14)24(17)13-18(25)21-15-9-4-3-5-10-15/h3-12H,2,13H2,1H3,(H,21,25). The SMILES string of the molecule is CCc1nnc(-c2cc3ccccc3n2CC(=O)Nc2ccccc2)o1. The van der Waals surface area contributed by atoms with E-state index in [1.165, 1.54) is 0 Å². The Balaban J connectivity index is 1.70. The van der Waals surface area contributed by atoms with Crippen molar-refractivity contribution in [1.29, 1.82) is 0 Å². The minimum absolute atomic E-state index is 0.117. The number of nitrogens with zero attached hydrogens (tertiary/aromatic N) is 3. The summed E-state index contributed by atoms with van der Waals surface area (Å²) in [7, 11) is 0. The van der Waals surface area contributed by atoms with Crippen LogP contribution >= 0.6 is 0 Å². The van der Waals surface area contributed by atoms with Crippen LogP contribution in [-0.4, -0.2) is 20.7 Å². The first kappa shape index (κ1) is 16.1. The maximum Gasteiger partial charge on any atom is 0.264 e. The molecule has 4 rings (SSSR count). The second kappa shape index (κ2) is 6.84. The van der Waals surface area contributed by atoms with Gasteiger partial charge in [-0.3, -0.25) is 4.79 Å². The maximum atomic E-state index is 12.6. The van der Waals surface area contributed by atoms with E-state index >= 15 is 0 Å². The maximum absolute atomic E-state index is 12.6. The summed E-state index contributed by atoms with van der Waals surface area (Å²) in [5, 5.41) is 12.1. The van der Waals surface area contributed by atoms with E-state index in [0.717, 1.165) is 22.3 Å². The summed E-state index contributed by atoms with van der Waals surface area (Å²) in [6, 6.07) is 19.3. The highest BCUT2D eigenvalue weighted by molar-refractivity contribution is 5.93. The number of para-hydroxylation sites is 2. The number of hydrogen-bond donors (Lipinski definition) is 1. The Morgan fingerprint density at radius 2 is 1.85 bits per heavy atom. The highest BCUT2D eigenvalue weighted by atomic mass is 16.4. The van der Waals surface area contributed by atoms with Crippen LogP contribution < -0.4 is 5.32 Å². The van der Waals surface area contributed by atoms with E-state index < -0.39 is 0 Å². The van der Waals surface area contributed by atoms with E-state index in [2.05, 4.69) is 15.5 Å². The number of amides is 1. The quantitative estimate of drug-likeness (QED) is 0.595. The third kappa shape index (κ3) is 3.09. The van der Waals surface area contributed by atoms with Crippen molar-refractivity contribution in [3.8, 4) is 11.6 Å². The van der Waals surface area contributed by atoms with Crippen molar-refractivity contribution in [3.63, 3.8) is 0 Å². The van der Waals surface area contributed by atoms with E-state index in [1.54, 1.807) is 0 Å². The number of nitrogens with one attached hydrogen (secondary N) is 1. The Morgan fingerprint density at radius 1 is 1.08 bits per heavy atom. The smallest absolute Gasteiger partial charge is 0.264 e.